The van der Waals surface area contributed by atoms with E-state index in [1.165, 1.54) is 12.1 Å². The Morgan fingerprint density at radius 3 is 2.62 bits per heavy atom. The van der Waals surface area contributed by atoms with E-state index in [1.807, 2.05) is 0 Å². The molecule has 1 aromatic rings. The first-order chi connectivity index (χ1) is 9.81. The summed E-state index contributed by atoms with van der Waals surface area (Å²) in [5.74, 6) is 5.74. The molecule has 1 rings (SSSR count). The Kier molecular flexibility index (Phi) is 6.20. The lowest BCUT2D eigenvalue weighted by Gasteiger charge is -2.08. The summed E-state index contributed by atoms with van der Waals surface area (Å²) in [5, 5.41) is 10.9. The fourth-order valence-electron chi connectivity index (χ4n) is 1.47. The summed E-state index contributed by atoms with van der Waals surface area (Å²) in [6.07, 6.45) is 0. The SMILES string of the molecule is CCS(=O)CCNS(=O)(=O)c1ccc(NN)c([N+](=O)[O-])c1. The van der Waals surface area contributed by atoms with Crippen molar-refractivity contribution in [1.29, 1.82) is 0 Å². The number of rotatable bonds is 8. The van der Waals surface area contributed by atoms with Gasteiger partial charge in [0.15, 0.2) is 0 Å². The molecule has 9 nitrogen and oxygen atoms in total. The molecule has 0 aliphatic rings. The van der Waals surface area contributed by atoms with Gasteiger partial charge in [0.1, 0.15) is 5.69 Å². The van der Waals surface area contributed by atoms with Crippen LogP contribution in [0.25, 0.3) is 0 Å². The molecule has 0 saturated heterocycles. The van der Waals surface area contributed by atoms with E-state index in [0.29, 0.717) is 5.75 Å². The number of nitro groups is 1. The van der Waals surface area contributed by atoms with Crippen LogP contribution in [0.1, 0.15) is 6.92 Å². The van der Waals surface area contributed by atoms with Crippen LogP contribution in [0, 0.1) is 10.1 Å². The lowest BCUT2D eigenvalue weighted by atomic mass is 10.3. The van der Waals surface area contributed by atoms with Crippen LogP contribution in [0.15, 0.2) is 23.1 Å². The van der Waals surface area contributed by atoms with Gasteiger partial charge in [-0.2, -0.15) is 0 Å². The van der Waals surface area contributed by atoms with Crippen molar-refractivity contribution in [3.05, 3.63) is 28.3 Å². The Labute approximate surface area is 124 Å². The summed E-state index contributed by atoms with van der Waals surface area (Å²) < 4.78 is 37.5. The second-order valence-corrected chi connectivity index (χ2v) is 7.54. The minimum atomic E-state index is -3.90. The summed E-state index contributed by atoms with van der Waals surface area (Å²) in [7, 11) is -5.00. The van der Waals surface area contributed by atoms with Crippen molar-refractivity contribution in [1.82, 2.24) is 4.72 Å². The Bertz CT molecular complexity index is 647. The molecular formula is C10H16N4O5S2. The molecule has 1 unspecified atom stereocenters. The number of nitro benzene ring substituents is 1. The number of benzene rings is 1. The molecule has 21 heavy (non-hydrogen) atoms. The number of hydrogen-bond acceptors (Lipinski definition) is 7. The van der Waals surface area contributed by atoms with Gasteiger partial charge in [-0.1, -0.05) is 6.92 Å². The van der Waals surface area contributed by atoms with Crippen LogP contribution >= 0.6 is 0 Å². The van der Waals surface area contributed by atoms with E-state index in [1.54, 1.807) is 6.92 Å². The van der Waals surface area contributed by atoms with Crippen molar-refractivity contribution in [2.75, 3.05) is 23.5 Å². The second kappa shape index (κ2) is 7.45. The van der Waals surface area contributed by atoms with Crippen molar-refractivity contribution in [2.24, 2.45) is 5.84 Å². The molecule has 118 valence electrons. The lowest BCUT2D eigenvalue weighted by molar-refractivity contribution is -0.384. The van der Waals surface area contributed by atoms with Gasteiger partial charge >= 0.3 is 0 Å². The van der Waals surface area contributed by atoms with E-state index in [4.69, 9.17) is 5.84 Å². The van der Waals surface area contributed by atoms with Gasteiger partial charge in [0.2, 0.25) is 10.0 Å². The van der Waals surface area contributed by atoms with Crippen molar-refractivity contribution in [2.45, 2.75) is 11.8 Å². The maximum atomic E-state index is 12.0. The van der Waals surface area contributed by atoms with Gasteiger partial charge in [-0.3, -0.25) is 20.2 Å². The highest BCUT2D eigenvalue weighted by Crippen LogP contribution is 2.26. The van der Waals surface area contributed by atoms with Crippen LogP contribution in [0.5, 0.6) is 0 Å². The third kappa shape index (κ3) is 4.74. The van der Waals surface area contributed by atoms with Crippen LogP contribution < -0.4 is 16.0 Å². The monoisotopic (exact) mass is 336 g/mol. The molecule has 0 spiro atoms. The standard InChI is InChI=1S/C10H16N4O5S2/c1-2-20(17)6-5-12-21(18,19)8-3-4-9(13-11)10(7-8)14(15)16/h3-4,7,12-13H,2,5-6,11H2,1H3. The average Bonchev–Trinajstić information content (AvgIpc) is 2.45. The third-order valence-corrected chi connectivity index (χ3v) is 5.34. The predicted octanol–water partition coefficient (Wildman–Crippen LogP) is -0.0727. The van der Waals surface area contributed by atoms with E-state index in [9.17, 15) is 22.7 Å². The number of anilines is 1. The zero-order valence-corrected chi connectivity index (χ0v) is 12.9. The predicted molar refractivity (Wildman–Crippen MR) is 79.6 cm³/mol. The zero-order chi connectivity index (χ0) is 16.0. The minimum absolute atomic E-state index is 0.00559. The summed E-state index contributed by atoms with van der Waals surface area (Å²) in [6.45, 7) is 1.72. The Morgan fingerprint density at radius 1 is 1.43 bits per heavy atom. The molecule has 1 atom stereocenters. The Morgan fingerprint density at radius 2 is 2.10 bits per heavy atom. The highest BCUT2D eigenvalue weighted by molar-refractivity contribution is 7.89. The van der Waals surface area contributed by atoms with Gasteiger partial charge in [-0.05, 0) is 12.1 Å². The second-order valence-electron chi connectivity index (χ2n) is 3.91. The van der Waals surface area contributed by atoms with Crippen molar-refractivity contribution in [3.63, 3.8) is 0 Å². The van der Waals surface area contributed by atoms with Gasteiger partial charge in [-0.15, -0.1) is 0 Å². The van der Waals surface area contributed by atoms with Gasteiger partial charge in [0, 0.05) is 34.9 Å². The van der Waals surface area contributed by atoms with E-state index in [0.717, 1.165) is 6.07 Å². The lowest BCUT2D eigenvalue weighted by Crippen LogP contribution is -2.28. The fraction of sp³-hybridized carbons (Fsp3) is 0.400. The third-order valence-electron chi connectivity index (χ3n) is 2.58. The van der Waals surface area contributed by atoms with Crippen molar-refractivity contribution >= 4 is 32.2 Å². The normalized spacial score (nSPS) is 12.9. The molecule has 0 saturated carbocycles. The molecule has 0 heterocycles. The first-order valence-electron chi connectivity index (χ1n) is 5.91. The summed E-state index contributed by atoms with van der Waals surface area (Å²) in [6, 6.07) is 3.31. The molecule has 0 radical (unpaired) electrons. The highest BCUT2D eigenvalue weighted by Gasteiger charge is 2.20. The number of sulfonamides is 1. The summed E-state index contributed by atoms with van der Waals surface area (Å²) in [4.78, 5) is 9.87. The number of nitrogens with zero attached hydrogens (tertiary/aromatic N) is 1. The number of nitrogens with one attached hydrogen (secondary N) is 2. The van der Waals surface area contributed by atoms with Crippen molar-refractivity contribution in [3.8, 4) is 0 Å². The molecule has 0 bridgehead atoms. The topological polar surface area (TPSA) is 144 Å². The first-order valence-corrected chi connectivity index (χ1v) is 8.88. The smallest absolute Gasteiger partial charge is 0.294 e. The molecule has 0 aliphatic heterocycles. The van der Waals surface area contributed by atoms with Crippen molar-refractivity contribution < 1.29 is 17.6 Å². The molecule has 11 heteroatoms. The quantitative estimate of drug-likeness (QED) is 0.342. The summed E-state index contributed by atoms with van der Waals surface area (Å²) >= 11 is 0. The van der Waals surface area contributed by atoms with Gasteiger partial charge in [-0.25, -0.2) is 13.1 Å². The molecule has 1 aromatic carbocycles. The van der Waals surface area contributed by atoms with Crippen LogP contribution in [0.4, 0.5) is 11.4 Å². The summed E-state index contributed by atoms with van der Waals surface area (Å²) in [5.41, 5.74) is 1.68. The largest absolute Gasteiger partial charge is 0.318 e. The maximum Gasteiger partial charge on any atom is 0.294 e. The Balaban J connectivity index is 2.96. The maximum absolute atomic E-state index is 12.0. The van der Waals surface area contributed by atoms with Gasteiger partial charge in [0.05, 0.1) is 9.82 Å². The fourth-order valence-corrected chi connectivity index (χ4v) is 3.27. The van der Waals surface area contributed by atoms with Crippen LogP contribution in [-0.2, 0) is 20.8 Å². The Hall–Kier alpha value is -1.56. The molecule has 0 amide bonds. The number of nitrogen functional groups attached to an aromatic ring is 1. The first kappa shape index (κ1) is 17.5. The molecule has 0 aromatic heterocycles. The average molecular weight is 336 g/mol. The number of nitrogens with two attached hydrogens (primary N) is 1. The van der Waals surface area contributed by atoms with E-state index in [-0.39, 0.29) is 22.9 Å². The van der Waals surface area contributed by atoms with Crippen LogP contribution in [-0.4, -0.2) is 35.6 Å². The van der Waals surface area contributed by atoms with E-state index < -0.39 is 31.4 Å². The number of hydrazine groups is 1. The van der Waals surface area contributed by atoms with E-state index in [2.05, 4.69) is 10.1 Å². The molecule has 0 aliphatic carbocycles. The highest BCUT2D eigenvalue weighted by atomic mass is 32.2. The van der Waals surface area contributed by atoms with Gasteiger partial charge < -0.3 is 5.43 Å². The van der Waals surface area contributed by atoms with Crippen LogP contribution in [0.2, 0.25) is 0 Å². The molecule has 0 fully saturated rings. The molecule has 4 N–H and O–H groups in total. The number of hydrogen-bond donors (Lipinski definition) is 3. The zero-order valence-electron chi connectivity index (χ0n) is 11.2. The van der Waals surface area contributed by atoms with Crippen LogP contribution in [0.3, 0.4) is 0 Å². The van der Waals surface area contributed by atoms with E-state index >= 15 is 0 Å². The minimum Gasteiger partial charge on any atom is -0.318 e. The molecular weight excluding hydrogens is 320 g/mol. The van der Waals surface area contributed by atoms with Gasteiger partial charge in [0.25, 0.3) is 5.69 Å².